The number of aromatic amines is 1. The van der Waals surface area contributed by atoms with Gasteiger partial charge in [-0.15, -0.1) is 10.2 Å². The zero-order valence-corrected chi connectivity index (χ0v) is 18.4. The molecule has 2 aliphatic rings. The maximum atomic E-state index is 5.66. The van der Waals surface area contributed by atoms with E-state index in [1.807, 2.05) is 31.5 Å². The Labute approximate surface area is 189 Å². The molecule has 1 aromatic carbocycles. The Hall–Kier alpha value is -3.24. The largest absolute Gasteiger partial charge is 0.421 e. The summed E-state index contributed by atoms with van der Waals surface area (Å²) >= 11 is 1.68. The van der Waals surface area contributed by atoms with E-state index >= 15 is 0 Å². The average molecular weight is 447 g/mol. The van der Waals surface area contributed by atoms with Crippen molar-refractivity contribution in [2.75, 3.05) is 6.54 Å². The standard InChI is InChI=1S/C22H22N8OS/c1-2-21-27-28-22(31-21)15-5-7-16(8-6-15)32-29-12-19-23-9-10-30(19)20(13-29)24-18-11-17(25-26-18)14-3-4-14/h5-11,14H,2-4,12-13H2,1H3,(H,25,26). The molecule has 6 rings (SSSR count). The van der Waals surface area contributed by atoms with Crippen LogP contribution in [0.4, 0.5) is 5.82 Å². The minimum Gasteiger partial charge on any atom is -0.421 e. The Morgan fingerprint density at radius 1 is 1.19 bits per heavy atom. The molecule has 1 aliphatic heterocycles. The summed E-state index contributed by atoms with van der Waals surface area (Å²) < 4.78 is 9.97. The zero-order chi connectivity index (χ0) is 21.5. The van der Waals surface area contributed by atoms with E-state index in [4.69, 9.17) is 9.41 Å². The second kappa shape index (κ2) is 8.03. The Morgan fingerprint density at radius 3 is 2.84 bits per heavy atom. The van der Waals surface area contributed by atoms with Crippen LogP contribution in [-0.4, -0.2) is 46.6 Å². The monoisotopic (exact) mass is 446 g/mol. The van der Waals surface area contributed by atoms with E-state index in [1.165, 1.54) is 18.5 Å². The molecule has 0 amide bonds. The highest BCUT2D eigenvalue weighted by atomic mass is 32.2. The first kappa shape index (κ1) is 19.4. The molecule has 162 valence electrons. The minimum atomic E-state index is 0.553. The minimum absolute atomic E-state index is 0.553. The van der Waals surface area contributed by atoms with Gasteiger partial charge >= 0.3 is 0 Å². The van der Waals surface area contributed by atoms with Crippen LogP contribution in [0, 0.1) is 0 Å². The molecule has 0 bridgehead atoms. The van der Waals surface area contributed by atoms with Crippen molar-refractivity contribution >= 4 is 23.6 Å². The molecule has 0 saturated heterocycles. The Kier molecular flexibility index (Phi) is 4.88. The highest BCUT2D eigenvalue weighted by molar-refractivity contribution is 7.97. The number of nitrogens with one attached hydrogen (secondary N) is 1. The van der Waals surface area contributed by atoms with Crippen molar-refractivity contribution in [1.29, 1.82) is 0 Å². The first-order valence-corrected chi connectivity index (χ1v) is 11.5. The zero-order valence-electron chi connectivity index (χ0n) is 17.6. The molecule has 1 fully saturated rings. The van der Waals surface area contributed by atoms with E-state index in [0.717, 1.165) is 40.9 Å². The van der Waals surface area contributed by atoms with Crippen LogP contribution in [0.25, 0.3) is 11.5 Å². The number of aromatic nitrogens is 6. The van der Waals surface area contributed by atoms with Crippen LogP contribution >= 0.6 is 11.9 Å². The van der Waals surface area contributed by atoms with Gasteiger partial charge in [0, 0.05) is 47.0 Å². The average Bonchev–Trinajstić information content (AvgIpc) is 3.19. The Bertz CT molecular complexity index is 1270. The van der Waals surface area contributed by atoms with Crippen LogP contribution in [-0.2, 0) is 13.0 Å². The number of aliphatic imine (C=N–C) groups is 1. The van der Waals surface area contributed by atoms with Gasteiger partial charge in [0.2, 0.25) is 11.8 Å². The fourth-order valence-corrected chi connectivity index (χ4v) is 4.64. The predicted octanol–water partition coefficient (Wildman–Crippen LogP) is 4.20. The summed E-state index contributed by atoms with van der Waals surface area (Å²) in [7, 11) is 0. The van der Waals surface area contributed by atoms with Crippen molar-refractivity contribution in [2.24, 2.45) is 4.99 Å². The third-order valence-corrected chi connectivity index (χ3v) is 6.58. The smallest absolute Gasteiger partial charge is 0.247 e. The summed E-state index contributed by atoms with van der Waals surface area (Å²) in [5.74, 6) is 4.44. The van der Waals surface area contributed by atoms with Gasteiger partial charge in [-0.2, -0.15) is 5.10 Å². The van der Waals surface area contributed by atoms with E-state index in [1.54, 1.807) is 11.9 Å². The first-order valence-electron chi connectivity index (χ1n) is 10.8. The number of hydrogen-bond acceptors (Lipinski definition) is 8. The van der Waals surface area contributed by atoms with E-state index in [0.29, 0.717) is 24.2 Å². The number of fused-ring (bicyclic) bond motifs is 1. The second-order valence-electron chi connectivity index (χ2n) is 7.97. The van der Waals surface area contributed by atoms with E-state index < -0.39 is 0 Å². The van der Waals surface area contributed by atoms with Gasteiger partial charge in [-0.3, -0.25) is 9.67 Å². The number of imidazole rings is 1. The number of H-pyrrole nitrogens is 1. The topological polar surface area (TPSA) is 101 Å². The summed E-state index contributed by atoms with van der Waals surface area (Å²) in [6, 6.07) is 10.2. The number of nitrogens with zero attached hydrogens (tertiary/aromatic N) is 7. The lowest BCUT2D eigenvalue weighted by molar-refractivity contribution is 0.479. The first-order chi connectivity index (χ1) is 15.7. The van der Waals surface area contributed by atoms with Crippen molar-refractivity contribution in [1.82, 2.24) is 34.3 Å². The second-order valence-corrected chi connectivity index (χ2v) is 9.14. The highest BCUT2D eigenvalue weighted by Crippen LogP contribution is 2.40. The van der Waals surface area contributed by atoms with Gasteiger partial charge in [0.05, 0.1) is 13.1 Å². The fourth-order valence-electron chi connectivity index (χ4n) is 3.73. The van der Waals surface area contributed by atoms with E-state index in [9.17, 15) is 0 Å². The van der Waals surface area contributed by atoms with E-state index in [2.05, 4.69) is 52.5 Å². The van der Waals surface area contributed by atoms with Crippen LogP contribution in [0.2, 0.25) is 0 Å². The molecule has 9 nitrogen and oxygen atoms in total. The molecule has 3 aromatic heterocycles. The van der Waals surface area contributed by atoms with Crippen LogP contribution in [0.3, 0.4) is 0 Å². The maximum absolute atomic E-state index is 5.66. The van der Waals surface area contributed by atoms with Crippen LogP contribution < -0.4 is 0 Å². The van der Waals surface area contributed by atoms with Crippen LogP contribution in [0.5, 0.6) is 0 Å². The van der Waals surface area contributed by atoms with Crippen molar-refractivity contribution < 1.29 is 4.42 Å². The summed E-state index contributed by atoms with van der Waals surface area (Å²) in [6.07, 6.45) is 6.99. The molecular weight excluding hydrogens is 424 g/mol. The quantitative estimate of drug-likeness (QED) is 0.443. The van der Waals surface area contributed by atoms with Gasteiger partial charge in [-0.25, -0.2) is 14.3 Å². The van der Waals surface area contributed by atoms with E-state index in [-0.39, 0.29) is 0 Å². The molecule has 4 heterocycles. The number of benzene rings is 1. The molecule has 10 heteroatoms. The van der Waals surface area contributed by atoms with Gasteiger partial charge in [-0.05, 0) is 49.1 Å². The van der Waals surface area contributed by atoms with Crippen molar-refractivity contribution in [3.63, 3.8) is 0 Å². The molecule has 32 heavy (non-hydrogen) atoms. The van der Waals surface area contributed by atoms with Crippen LogP contribution in [0.15, 0.2) is 57.0 Å². The fraction of sp³-hybridized carbons (Fsp3) is 0.318. The third-order valence-electron chi connectivity index (χ3n) is 5.58. The molecule has 4 aromatic rings. The van der Waals surface area contributed by atoms with Gasteiger partial charge in [0.25, 0.3) is 0 Å². The Balaban J connectivity index is 1.20. The Morgan fingerprint density at radius 2 is 2.06 bits per heavy atom. The number of aryl methyl sites for hydroxylation is 1. The van der Waals surface area contributed by atoms with Crippen molar-refractivity contribution in [3.05, 3.63) is 60.1 Å². The lowest BCUT2D eigenvalue weighted by Crippen LogP contribution is -2.35. The molecule has 0 radical (unpaired) electrons. The lowest BCUT2D eigenvalue weighted by atomic mass is 10.2. The molecule has 1 saturated carbocycles. The normalized spacial score (nSPS) is 17.7. The molecule has 1 aliphatic carbocycles. The SMILES string of the molecule is CCc1nnc(-c2ccc(SN3CC(=Nc4cc(C5CC5)[nH]n4)n4ccnc4C3)cc2)o1. The molecule has 0 spiro atoms. The summed E-state index contributed by atoms with van der Waals surface area (Å²) in [5.41, 5.74) is 2.10. The lowest BCUT2D eigenvalue weighted by Gasteiger charge is -2.27. The molecule has 1 N–H and O–H groups in total. The van der Waals surface area contributed by atoms with Gasteiger partial charge in [0.1, 0.15) is 11.7 Å². The van der Waals surface area contributed by atoms with Crippen molar-refractivity contribution in [3.8, 4) is 11.5 Å². The number of hydrogen-bond donors (Lipinski definition) is 1. The van der Waals surface area contributed by atoms with Crippen LogP contribution in [0.1, 0.15) is 43.1 Å². The summed E-state index contributed by atoms with van der Waals surface area (Å²) in [6.45, 7) is 3.41. The summed E-state index contributed by atoms with van der Waals surface area (Å²) in [5, 5.41) is 15.7. The molecule has 0 unspecified atom stereocenters. The van der Waals surface area contributed by atoms with Crippen molar-refractivity contribution in [2.45, 2.75) is 43.5 Å². The summed E-state index contributed by atoms with van der Waals surface area (Å²) in [4.78, 5) is 10.5. The van der Waals surface area contributed by atoms with Gasteiger partial charge in [-0.1, -0.05) is 6.92 Å². The van der Waals surface area contributed by atoms with Gasteiger partial charge < -0.3 is 4.42 Å². The molecule has 0 atom stereocenters. The highest BCUT2D eigenvalue weighted by Gasteiger charge is 2.26. The maximum Gasteiger partial charge on any atom is 0.247 e. The molecular formula is C22H22N8OS. The van der Waals surface area contributed by atoms with Gasteiger partial charge in [0.15, 0.2) is 5.82 Å². The number of rotatable bonds is 6. The predicted molar refractivity (Wildman–Crippen MR) is 121 cm³/mol. The third kappa shape index (κ3) is 3.87.